The van der Waals surface area contributed by atoms with Crippen LogP contribution in [0.15, 0.2) is 47.2 Å². The Labute approximate surface area is 139 Å². The van der Waals surface area contributed by atoms with E-state index >= 15 is 0 Å². The number of nitrogens with zero attached hydrogens (tertiary/aromatic N) is 2. The molecule has 3 aromatic rings. The number of pyridine rings is 1. The van der Waals surface area contributed by atoms with Crippen LogP contribution in [0, 0.1) is 20.8 Å². The maximum atomic E-state index is 12.5. The number of benzene rings is 1. The van der Waals surface area contributed by atoms with Gasteiger partial charge in [0.15, 0.2) is 5.82 Å². The predicted octanol–water partition coefficient (Wildman–Crippen LogP) is 3.99. The number of aryl methyl sites for hydroxylation is 3. The lowest BCUT2D eigenvalue weighted by molar-refractivity contribution is 0.102. The van der Waals surface area contributed by atoms with Crippen LogP contribution in [-0.2, 0) is 0 Å². The molecule has 1 amide bonds. The van der Waals surface area contributed by atoms with Crippen LogP contribution >= 0.6 is 0 Å². The largest absolute Gasteiger partial charge is 0.360 e. The minimum Gasteiger partial charge on any atom is -0.360 e. The summed E-state index contributed by atoms with van der Waals surface area (Å²) in [5.74, 6) is 1.06. The van der Waals surface area contributed by atoms with E-state index in [-0.39, 0.29) is 5.91 Å². The van der Waals surface area contributed by atoms with Gasteiger partial charge < -0.3 is 15.2 Å². The van der Waals surface area contributed by atoms with Crippen LogP contribution in [-0.4, -0.2) is 16.0 Å². The van der Waals surface area contributed by atoms with Crippen molar-refractivity contribution < 1.29 is 9.32 Å². The van der Waals surface area contributed by atoms with Crippen molar-refractivity contribution in [2.24, 2.45) is 0 Å². The van der Waals surface area contributed by atoms with Crippen LogP contribution < -0.4 is 10.6 Å². The van der Waals surface area contributed by atoms with Crippen LogP contribution in [0.2, 0.25) is 0 Å². The molecule has 0 radical (unpaired) electrons. The fourth-order valence-corrected chi connectivity index (χ4v) is 2.27. The van der Waals surface area contributed by atoms with Crippen molar-refractivity contribution in [3.8, 4) is 0 Å². The Morgan fingerprint density at radius 2 is 1.92 bits per heavy atom. The second-order valence-electron chi connectivity index (χ2n) is 5.68. The van der Waals surface area contributed by atoms with Gasteiger partial charge in [-0.05, 0) is 44.0 Å². The highest BCUT2D eigenvalue weighted by atomic mass is 16.5. The van der Waals surface area contributed by atoms with Crippen molar-refractivity contribution in [1.29, 1.82) is 0 Å². The van der Waals surface area contributed by atoms with Crippen molar-refractivity contribution >= 4 is 23.1 Å². The summed E-state index contributed by atoms with van der Waals surface area (Å²) in [7, 11) is 0. The third-order valence-electron chi connectivity index (χ3n) is 3.54. The topological polar surface area (TPSA) is 80.0 Å². The summed E-state index contributed by atoms with van der Waals surface area (Å²) >= 11 is 0. The van der Waals surface area contributed by atoms with Crippen molar-refractivity contribution in [3.63, 3.8) is 0 Å². The first kappa shape index (κ1) is 15.7. The van der Waals surface area contributed by atoms with E-state index < -0.39 is 0 Å². The van der Waals surface area contributed by atoms with E-state index in [1.165, 1.54) is 6.20 Å². The standard InChI is InChI=1S/C18H18N4O2/c1-11-4-5-12(2)16(6-11)21-18(23)14-8-15(10-19-9-14)20-17-7-13(3)24-22-17/h4-10H,1-3H3,(H,20,22)(H,21,23). The van der Waals surface area contributed by atoms with Crippen molar-refractivity contribution in [2.75, 3.05) is 10.6 Å². The van der Waals surface area contributed by atoms with E-state index in [0.29, 0.717) is 22.8 Å². The molecule has 0 aliphatic rings. The molecule has 2 N–H and O–H groups in total. The minimum atomic E-state index is -0.212. The minimum absolute atomic E-state index is 0.212. The number of carbonyl (C=O) groups excluding carboxylic acids is 1. The Morgan fingerprint density at radius 1 is 1.08 bits per heavy atom. The lowest BCUT2D eigenvalue weighted by atomic mass is 10.1. The predicted molar refractivity (Wildman–Crippen MR) is 92.6 cm³/mol. The molecule has 1 aromatic carbocycles. The highest BCUT2D eigenvalue weighted by Crippen LogP contribution is 2.19. The van der Waals surface area contributed by atoms with Gasteiger partial charge in [-0.2, -0.15) is 0 Å². The zero-order valence-corrected chi connectivity index (χ0v) is 13.8. The molecule has 6 nitrogen and oxygen atoms in total. The second kappa shape index (κ2) is 6.54. The van der Waals surface area contributed by atoms with Gasteiger partial charge in [-0.25, -0.2) is 0 Å². The molecule has 2 aromatic heterocycles. The molecule has 0 unspecified atom stereocenters. The molecule has 0 fully saturated rings. The van der Waals surface area contributed by atoms with Gasteiger partial charge in [0.25, 0.3) is 5.91 Å². The normalized spacial score (nSPS) is 10.5. The van der Waals surface area contributed by atoms with Gasteiger partial charge >= 0.3 is 0 Å². The van der Waals surface area contributed by atoms with Gasteiger partial charge in [0.1, 0.15) is 5.76 Å². The third kappa shape index (κ3) is 3.60. The van der Waals surface area contributed by atoms with Crippen LogP contribution in [0.4, 0.5) is 17.2 Å². The van der Waals surface area contributed by atoms with E-state index in [1.807, 2.05) is 39.0 Å². The lowest BCUT2D eigenvalue weighted by Crippen LogP contribution is -2.13. The van der Waals surface area contributed by atoms with Gasteiger partial charge in [-0.1, -0.05) is 17.3 Å². The van der Waals surface area contributed by atoms with Crippen LogP contribution in [0.25, 0.3) is 0 Å². The summed E-state index contributed by atoms with van der Waals surface area (Å²) in [5, 5.41) is 9.84. The first-order chi connectivity index (χ1) is 11.5. The van der Waals surface area contributed by atoms with Gasteiger partial charge in [0, 0.05) is 18.0 Å². The third-order valence-corrected chi connectivity index (χ3v) is 3.54. The average Bonchev–Trinajstić information content (AvgIpc) is 2.96. The van der Waals surface area contributed by atoms with Crippen LogP contribution in [0.3, 0.4) is 0 Å². The van der Waals surface area contributed by atoms with Crippen molar-refractivity contribution in [2.45, 2.75) is 20.8 Å². The van der Waals surface area contributed by atoms with Gasteiger partial charge in [0.05, 0.1) is 17.4 Å². The smallest absolute Gasteiger partial charge is 0.257 e. The molecule has 3 rings (SSSR count). The summed E-state index contributed by atoms with van der Waals surface area (Å²) in [6.45, 7) is 5.75. The number of rotatable bonds is 4. The van der Waals surface area contributed by atoms with E-state index in [9.17, 15) is 4.79 Å². The molecule has 122 valence electrons. The number of aromatic nitrogens is 2. The maximum Gasteiger partial charge on any atom is 0.257 e. The van der Waals surface area contributed by atoms with Crippen molar-refractivity contribution in [1.82, 2.24) is 10.1 Å². The number of anilines is 3. The van der Waals surface area contributed by atoms with Gasteiger partial charge in [0.2, 0.25) is 0 Å². The number of amides is 1. The van der Waals surface area contributed by atoms with Crippen LogP contribution in [0.1, 0.15) is 27.2 Å². The molecule has 0 spiro atoms. The summed E-state index contributed by atoms with van der Waals surface area (Å²) < 4.78 is 5.01. The Hall–Kier alpha value is -3.15. The summed E-state index contributed by atoms with van der Waals surface area (Å²) in [6.07, 6.45) is 3.15. The highest BCUT2D eigenvalue weighted by Gasteiger charge is 2.10. The number of nitrogens with one attached hydrogen (secondary N) is 2. The number of carbonyl (C=O) groups is 1. The van der Waals surface area contributed by atoms with Gasteiger partial charge in [-0.3, -0.25) is 9.78 Å². The van der Waals surface area contributed by atoms with E-state index in [2.05, 4.69) is 20.8 Å². The summed E-state index contributed by atoms with van der Waals surface area (Å²) in [4.78, 5) is 16.6. The first-order valence-electron chi connectivity index (χ1n) is 7.55. The number of hydrogen-bond donors (Lipinski definition) is 2. The molecule has 0 saturated heterocycles. The molecule has 2 heterocycles. The number of hydrogen-bond acceptors (Lipinski definition) is 5. The molecule has 6 heteroatoms. The van der Waals surface area contributed by atoms with E-state index in [0.717, 1.165) is 16.8 Å². The van der Waals surface area contributed by atoms with Gasteiger partial charge in [-0.15, -0.1) is 0 Å². The molecular weight excluding hydrogens is 304 g/mol. The first-order valence-corrected chi connectivity index (χ1v) is 7.55. The Balaban J connectivity index is 1.77. The van der Waals surface area contributed by atoms with E-state index in [4.69, 9.17) is 4.52 Å². The molecule has 24 heavy (non-hydrogen) atoms. The fraction of sp³-hybridized carbons (Fsp3) is 0.167. The Bertz CT molecular complexity index is 886. The lowest BCUT2D eigenvalue weighted by Gasteiger charge is -2.10. The molecule has 0 aliphatic carbocycles. The zero-order chi connectivity index (χ0) is 17.1. The monoisotopic (exact) mass is 322 g/mol. The fourth-order valence-electron chi connectivity index (χ4n) is 2.27. The van der Waals surface area contributed by atoms with Crippen LogP contribution in [0.5, 0.6) is 0 Å². The molecule has 0 bridgehead atoms. The highest BCUT2D eigenvalue weighted by molar-refractivity contribution is 6.05. The summed E-state index contributed by atoms with van der Waals surface area (Å²) in [5.41, 5.74) is 4.02. The average molecular weight is 322 g/mol. The summed E-state index contributed by atoms with van der Waals surface area (Å²) in [6, 6.07) is 9.42. The molecular formula is C18H18N4O2. The maximum absolute atomic E-state index is 12.5. The quantitative estimate of drug-likeness (QED) is 0.759. The SMILES string of the molecule is Cc1ccc(C)c(NC(=O)c2cncc(Nc3cc(C)on3)c2)c1. The molecule has 0 saturated carbocycles. The molecule has 0 atom stereocenters. The van der Waals surface area contributed by atoms with Crippen molar-refractivity contribution in [3.05, 3.63) is 65.2 Å². The molecule has 0 aliphatic heterocycles. The Kier molecular flexibility index (Phi) is 4.29. The zero-order valence-electron chi connectivity index (χ0n) is 13.8. The Morgan fingerprint density at radius 3 is 2.67 bits per heavy atom. The van der Waals surface area contributed by atoms with E-state index in [1.54, 1.807) is 18.3 Å². The second-order valence-corrected chi connectivity index (χ2v) is 5.68.